The summed E-state index contributed by atoms with van der Waals surface area (Å²) in [6.45, 7) is 8.70. The predicted octanol–water partition coefficient (Wildman–Crippen LogP) is 5.12. The van der Waals surface area contributed by atoms with Crippen molar-refractivity contribution in [3.8, 4) is 5.69 Å². The van der Waals surface area contributed by atoms with Crippen molar-refractivity contribution < 1.29 is 0 Å². The monoisotopic (exact) mass is 268 g/mol. The second-order valence-corrected chi connectivity index (χ2v) is 5.34. The van der Waals surface area contributed by atoms with E-state index < -0.39 is 0 Å². The summed E-state index contributed by atoms with van der Waals surface area (Å²) in [6, 6.07) is 8.70. The van der Waals surface area contributed by atoms with E-state index in [1.807, 2.05) is 23.9 Å². The average molecular weight is 268 g/mol. The molecule has 2 heteroatoms. The molecule has 0 N–H and O–H groups in total. The SMILES string of the molecule is CC/C=C/c1ccc(-n2ccc(C)n2)c(C(C)CC)c1. The summed E-state index contributed by atoms with van der Waals surface area (Å²) in [6.07, 6.45) is 8.64. The molecule has 0 saturated carbocycles. The third kappa shape index (κ3) is 3.19. The lowest BCUT2D eigenvalue weighted by Crippen LogP contribution is -2.04. The number of hydrogen-bond acceptors (Lipinski definition) is 1. The van der Waals surface area contributed by atoms with Gasteiger partial charge in [-0.2, -0.15) is 5.10 Å². The van der Waals surface area contributed by atoms with Gasteiger partial charge in [0.25, 0.3) is 0 Å². The summed E-state index contributed by atoms with van der Waals surface area (Å²) < 4.78 is 1.99. The van der Waals surface area contributed by atoms with Gasteiger partial charge in [0.1, 0.15) is 0 Å². The van der Waals surface area contributed by atoms with Gasteiger partial charge in [-0.15, -0.1) is 0 Å². The number of hydrogen-bond donors (Lipinski definition) is 0. The molecule has 106 valence electrons. The highest BCUT2D eigenvalue weighted by Gasteiger charge is 2.11. The number of rotatable bonds is 5. The van der Waals surface area contributed by atoms with E-state index in [1.54, 1.807) is 0 Å². The summed E-state index contributed by atoms with van der Waals surface area (Å²) in [5, 5.41) is 4.55. The van der Waals surface area contributed by atoms with Crippen molar-refractivity contribution in [1.82, 2.24) is 9.78 Å². The van der Waals surface area contributed by atoms with Crippen LogP contribution in [0.5, 0.6) is 0 Å². The summed E-state index contributed by atoms with van der Waals surface area (Å²) in [5.41, 5.74) is 4.89. The van der Waals surface area contributed by atoms with Crippen LogP contribution in [0.1, 0.15) is 56.4 Å². The highest BCUT2D eigenvalue weighted by Crippen LogP contribution is 2.27. The molecule has 1 unspecified atom stereocenters. The first-order valence-corrected chi connectivity index (χ1v) is 7.48. The minimum absolute atomic E-state index is 0.532. The fourth-order valence-electron chi connectivity index (χ4n) is 2.30. The van der Waals surface area contributed by atoms with Gasteiger partial charge in [-0.05, 0) is 55.0 Å². The normalized spacial score (nSPS) is 13.0. The Morgan fingerprint density at radius 1 is 1.25 bits per heavy atom. The third-order valence-electron chi connectivity index (χ3n) is 3.71. The molecule has 0 fully saturated rings. The molecule has 2 rings (SSSR count). The molecule has 1 aromatic heterocycles. The Morgan fingerprint density at radius 3 is 2.65 bits per heavy atom. The van der Waals surface area contributed by atoms with Crippen LogP contribution in [0.4, 0.5) is 0 Å². The molecule has 2 nitrogen and oxygen atoms in total. The zero-order valence-electron chi connectivity index (χ0n) is 12.9. The van der Waals surface area contributed by atoms with Crippen molar-refractivity contribution in [3.05, 3.63) is 53.4 Å². The Balaban J connectivity index is 2.48. The van der Waals surface area contributed by atoms with Crippen molar-refractivity contribution in [2.75, 3.05) is 0 Å². The Kier molecular flexibility index (Phi) is 4.78. The summed E-state index contributed by atoms with van der Waals surface area (Å²) >= 11 is 0. The maximum absolute atomic E-state index is 4.55. The molecule has 0 radical (unpaired) electrons. The van der Waals surface area contributed by atoms with Gasteiger partial charge in [0.15, 0.2) is 0 Å². The molecule has 0 amide bonds. The van der Waals surface area contributed by atoms with Gasteiger partial charge in [0, 0.05) is 6.20 Å². The lowest BCUT2D eigenvalue weighted by molar-refractivity contribution is 0.716. The number of aromatic nitrogens is 2. The largest absolute Gasteiger partial charge is 0.240 e. The molecule has 0 saturated heterocycles. The number of nitrogens with zero attached hydrogens (tertiary/aromatic N) is 2. The van der Waals surface area contributed by atoms with Gasteiger partial charge in [0.05, 0.1) is 11.4 Å². The topological polar surface area (TPSA) is 17.8 Å². The van der Waals surface area contributed by atoms with E-state index in [1.165, 1.54) is 16.8 Å². The zero-order valence-corrected chi connectivity index (χ0v) is 12.9. The van der Waals surface area contributed by atoms with Crippen LogP contribution in [0.25, 0.3) is 11.8 Å². The van der Waals surface area contributed by atoms with Gasteiger partial charge < -0.3 is 0 Å². The molecule has 0 bridgehead atoms. The smallest absolute Gasteiger partial charge is 0.0680 e. The van der Waals surface area contributed by atoms with Crippen LogP contribution in [-0.2, 0) is 0 Å². The molecule has 1 aromatic carbocycles. The molecule has 0 aliphatic carbocycles. The summed E-state index contributed by atoms with van der Waals surface area (Å²) in [4.78, 5) is 0. The van der Waals surface area contributed by atoms with Crippen molar-refractivity contribution in [3.63, 3.8) is 0 Å². The van der Waals surface area contributed by atoms with E-state index in [4.69, 9.17) is 0 Å². The fraction of sp³-hybridized carbons (Fsp3) is 0.389. The van der Waals surface area contributed by atoms with Gasteiger partial charge in [-0.3, -0.25) is 0 Å². The lowest BCUT2D eigenvalue weighted by Gasteiger charge is -2.16. The first kappa shape index (κ1) is 14.6. The minimum Gasteiger partial charge on any atom is -0.240 e. The second-order valence-electron chi connectivity index (χ2n) is 5.34. The standard InChI is InChI=1S/C18H24N2/c1-5-7-8-16-9-10-18(17(13-16)14(3)6-2)20-12-11-15(4)19-20/h7-14H,5-6H2,1-4H3/b8-7+. The Hall–Kier alpha value is -1.83. The summed E-state index contributed by atoms with van der Waals surface area (Å²) in [5.74, 6) is 0.532. The molecular weight excluding hydrogens is 244 g/mol. The van der Waals surface area contributed by atoms with E-state index in [-0.39, 0.29) is 0 Å². The van der Waals surface area contributed by atoms with E-state index in [0.29, 0.717) is 5.92 Å². The molecule has 1 atom stereocenters. The van der Waals surface area contributed by atoms with Crippen LogP contribution < -0.4 is 0 Å². The Labute approximate surface area is 122 Å². The average Bonchev–Trinajstić information content (AvgIpc) is 2.90. The van der Waals surface area contributed by atoms with Crippen LogP contribution in [0.2, 0.25) is 0 Å². The van der Waals surface area contributed by atoms with Crippen LogP contribution in [0.15, 0.2) is 36.5 Å². The molecular formula is C18H24N2. The number of allylic oxidation sites excluding steroid dienone is 1. The summed E-state index contributed by atoms with van der Waals surface area (Å²) in [7, 11) is 0. The molecule has 0 aliphatic rings. The molecule has 2 aromatic rings. The number of aryl methyl sites for hydroxylation is 1. The van der Waals surface area contributed by atoms with Crippen LogP contribution in [-0.4, -0.2) is 9.78 Å². The van der Waals surface area contributed by atoms with E-state index in [2.05, 4.69) is 56.2 Å². The highest BCUT2D eigenvalue weighted by molar-refractivity contribution is 5.56. The van der Waals surface area contributed by atoms with Crippen LogP contribution in [0.3, 0.4) is 0 Å². The molecule has 1 heterocycles. The first-order valence-electron chi connectivity index (χ1n) is 7.48. The Bertz CT molecular complexity index is 593. The maximum Gasteiger partial charge on any atom is 0.0680 e. The quantitative estimate of drug-likeness (QED) is 0.736. The molecule has 0 aliphatic heterocycles. The highest BCUT2D eigenvalue weighted by atomic mass is 15.3. The van der Waals surface area contributed by atoms with Crippen molar-refractivity contribution in [2.24, 2.45) is 0 Å². The van der Waals surface area contributed by atoms with E-state index in [9.17, 15) is 0 Å². The fourth-order valence-corrected chi connectivity index (χ4v) is 2.30. The zero-order chi connectivity index (χ0) is 14.5. The molecule has 0 spiro atoms. The minimum atomic E-state index is 0.532. The van der Waals surface area contributed by atoms with E-state index >= 15 is 0 Å². The van der Waals surface area contributed by atoms with Gasteiger partial charge >= 0.3 is 0 Å². The van der Waals surface area contributed by atoms with Crippen LogP contribution in [0, 0.1) is 6.92 Å². The van der Waals surface area contributed by atoms with Gasteiger partial charge in [0.2, 0.25) is 0 Å². The maximum atomic E-state index is 4.55. The third-order valence-corrected chi connectivity index (χ3v) is 3.71. The lowest BCUT2D eigenvalue weighted by atomic mass is 9.94. The van der Waals surface area contributed by atoms with Crippen molar-refractivity contribution in [1.29, 1.82) is 0 Å². The van der Waals surface area contributed by atoms with Gasteiger partial charge in [-0.1, -0.05) is 39.0 Å². The first-order chi connectivity index (χ1) is 9.65. The van der Waals surface area contributed by atoms with Crippen LogP contribution >= 0.6 is 0 Å². The van der Waals surface area contributed by atoms with Crippen molar-refractivity contribution in [2.45, 2.75) is 46.5 Å². The Morgan fingerprint density at radius 2 is 2.05 bits per heavy atom. The number of benzene rings is 1. The predicted molar refractivity (Wildman–Crippen MR) is 86.3 cm³/mol. The van der Waals surface area contributed by atoms with E-state index in [0.717, 1.165) is 18.5 Å². The second kappa shape index (κ2) is 6.56. The van der Waals surface area contributed by atoms with Gasteiger partial charge in [-0.25, -0.2) is 4.68 Å². The van der Waals surface area contributed by atoms with Crippen molar-refractivity contribution >= 4 is 6.08 Å². The molecule has 20 heavy (non-hydrogen) atoms.